The third-order valence-corrected chi connectivity index (χ3v) is 3.75. The number of carbonyl (C=O) groups is 2. The molecule has 0 aliphatic carbocycles. The van der Waals surface area contributed by atoms with Gasteiger partial charge >= 0.3 is 5.97 Å². The lowest BCUT2D eigenvalue weighted by molar-refractivity contribution is -0.384. The monoisotopic (exact) mass is 312 g/mol. The third-order valence-electron chi connectivity index (χ3n) is 3.31. The van der Waals surface area contributed by atoms with E-state index in [1.807, 2.05) is 0 Å². The molecule has 1 fully saturated rings. The van der Waals surface area contributed by atoms with E-state index < -0.39 is 10.9 Å². The number of anilines is 1. The minimum Gasteiger partial charge on any atom is -0.465 e. The average molecular weight is 313 g/mol. The summed E-state index contributed by atoms with van der Waals surface area (Å²) in [6.07, 6.45) is 0.205. The Balaban J connectivity index is 2.57. The molecule has 21 heavy (non-hydrogen) atoms. The number of alkyl halides is 1. The molecule has 1 aliphatic rings. The van der Waals surface area contributed by atoms with Gasteiger partial charge in [0.15, 0.2) is 0 Å². The summed E-state index contributed by atoms with van der Waals surface area (Å²) >= 11 is 5.75. The maximum atomic E-state index is 12.1. The third kappa shape index (κ3) is 2.82. The summed E-state index contributed by atoms with van der Waals surface area (Å²) in [5, 5.41) is 11.2. The highest BCUT2D eigenvalue weighted by molar-refractivity contribution is 6.18. The molecule has 1 amide bonds. The van der Waals surface area contributed by atoms with E-state index in [1.165, 1.54) is 30.2 Å². The van der Waals surface area contributed by atoms with Gasteiger partial charge in [0, 0.05) is 24.9 Å². The van der Waals surface area contributed by atoms with E-state index >= 15 is 0 Å². The van der Waals surface area contributed by atoms with Crippen LogP contribution < -0.4 is 4.90 Å². The lowest BCUT2D eigenvalue weighted by atomic mass is 10.1. The molecule has 1 aromatic rings. The van der Waals surface area contributed by atoms with Crippen LogP contribution in [0.3, 0.4) is 0 Å². The Hall–Kier alpha value is -2.15. The predicted molar refractivity (Wildman–Crippen MR) is 75.6 cm³/mol. The van der Waals surface area contributed by atoms with Crippen molar-refractivity contribution in [2.24, 2.45) is 5.92 Å². The fourth-order valence-corrected chi connectivity index (χ4v) is 2.54. The quantitative estimate of drug-likeness (QED) is 0.367. The fraction of sp³-hybridized carbons (Fsp3) is 0.385. The van der Waals surface area contributed by atoms with Crippen molar-refractivity contribution in [2.45, 2.75) is 6.42 Å². The van der Waals surface area contributed by atoms with Crippen molar-refractivity contribution in [3.63, 3.8) is 0 Å². The largest absolute Gasteiger partial charge is 0.465 e. The molecular formula is C13H13ClN2O5. The van der Waals surface area contributed by atoms with Gasteiger partial charge in [0.2, 0.25) is 5.91 Å². The maximum Gasteiger partial charge on any atom is 0.340 e. The van der Waals surface area contributed by atoms with Crippen molar-refractivity contribution in [3.8, 4) is 0 Å². The van der Waals surface area contributed by atoms with Crippen LogP contribution in [0, 0.1) is 16.0 Å². The second kappa shape index (κ2) is 6.09. The standard InChI is InChI=1S/C13H13ClN2O5/c1-21-13(18)9-3-2-4-10(16(19)20)12(9)15-7-8(6-14)5-11(15)17/h2-4,8H,5-7H2,1H3. The highest BCUT2D eigenvalue weighted by Crippen LogP contribution is 2.36. The number of methoxy groups -OCH3 is 1. The molecule has 1 aliphatic heterocycles. The molecule has 0 aromatic heterocycles. The molecule has 0 saturated carbocycles. The lowest BCUT2D eigenvalue weighted by Crippen LogP contribution is -2.27. The zero-order valence-electron chi connectivity index (χ0n) is 11.2. The van der Waals surface area contributed by atoms with Gasteiger partial charge in [0.05, 0.1) is 17.6 Å². The molecule has 0 bridgehead atoms. The van der Waals surface area contributed by atoms with Gasteiger partial charge in [-0.05, 0) is 12.0 Å². The van der Waals surface area contributed by atoms with Gasteiger partial charge in [-0.3, -0.25) is 14.9 Å². The maximum absolute atomic E-state index is 12.1. The Morgan fingerprint density at radius 3 is 2.81 bits per heavy atom. The molecule has 8 heteroatoms. The number of carbonyl (C=O) groups excluding carboxylic acids is 2. The molecule has 1 saturated heterocycles. The Kier molecular flexibility index (Phi) is 4.42. The van der Waals surface area contributed by atoms with Crippen LogP contribution in [0.25, 0.3) is 0 Å². The van der Waals surface area contributed by atoms with Crippen molar-refractivity contribution < 1.29 is 19.2 Å². The number of amides is 1. The number of esters is 1. The van der Waals surface area contributed by atoms with Crippen molar-refractivity contribution in [2.75, 3.05) is 24.4 Å². The van der Waals surface area contributed by atoms with Gasteiger partial charge in [0.1, 0.15) is 5.69 Å². The summed E-state index contributed by atoms with van der Waals surface area (Å²) in [7, 11) is 1.18. The van der Waals surface area contributed by atoms with E-state index in [4.69, 9.17) is 11.6 Å². The molecule has 0 radical (unpaired) electrons. The van der Waals surface area contributed by atoms with E-state index in [-0.39, 0.29) is 47.6 Å². The number of nitro benzene ring substituents is 1. The van der Waals surface area contributed by atoms with Crippen LogP contribution in [0.5, 0.6) is 0 Å². The molecule has 0 spiro atoms. The molecule has 7 nitrogen and oxygen atoms in total. The fourth-order valence-electron chi connectivity index (χ4n) is 2.34. The Labute approximate surface area is 125 Å². The SMILES string of the molecule is COC(=O)c1cccc([N+](=O)[O-])c1N1CC(CCl)CC1=O. The molecule has 1 aromatic carbocycles. The first-order chi connectivity index (χ1) is 9.99. The number of nitrogens with zero attached hydrogens (tertiary/aromatic N) is 2. The normalized spacial score (nSPS) is 17.9. The molecule has 0 N–H and O–H groups in total. The van der Waals surface area contributed by atoms with E-state index in [2.05, 4.69) is 4.74 Å². The van der Waals surface area contributed by atoms with Crippen LogP contribution in [0.15, 0.2) is 18.2 Å². The van der Waals surface area contributed by atoms with Crippen molar-refractivity contribution >= 4 is 34.9 Å². The number of ether oxygens (including phenoxy) is 1. The van der Waals surface area contributed by atoms with Gasteiger partial charge in [-0.25, -0.2) is 4.79 Å². The molecule has 2 rings (SSSR count). The van der Waals surface area contributed by atoms with Gasteiger partial charge in [-0.2, -0.15) is 0 Å². The van der Waals surface area contributed by atoms with Crippen LogP contribution in [0.2, 0.25) is 0 Å². The Morgan fingerprint density at radius 2 is 2.29 bits per heavy atom. The number of para-hydroxylation sites is 1. The van der Waals surface area contributed by atoms with Gasteiger partial charge in [0.25, 0.3) is 5.69 Å². The van der Waals surface area contributed by atoms with E-state index in [9.17, 15) is 19.7 Å². The Bertz CT molecular complexity index is 604. The second-order valence-corrected chi connectivity index (χ2v) is 4.96. The highest BCUT2D eigenvalue weighted by Gasteiger charge is 2.36. The van der Waals surface area contributed by atoms with Crippen LogP contribution in [0.1, 0.15) is 16.8 Å². The predicted octanol–water partition coefficient (Wildman–Crippen LogP) is 1.97. The minimum atomic E-state index is -0.726. The van der Waals surface area contributed by atoms with Crippen molar-refractivity contribution in [3.05, 3.63) is 33.9 Å². The number of benzene rings is 1. The number of hydrogen-bond acceptors (Lipinski definition) is 5. The summed E-state index contributed by atoms with van der Waals surface area (Å²) in [5.41, 5.74) is -0.330. The number of nitro groups is 1. The first kappa shape index (κ1) is 15.2. The molecule has 1 unspecified atom stereocenters. The lowest BCUT2D eigenvalue weighted by Gasteiger charge is -2.19. The number of rotatable bonds is 4. The Morgan fingerprint density at radius 1 is 1.57 bits per heavy atom. The number of hydrogen-bond donors (Lipinski definition) is 0. The van der Waals surface area contributed by atoms with E-state index in [0.29, 0.717) is 0 Å². The molecule has 1 heterocycles. The minimum absolute atomic E-state index is 0.00438. The van der Waals surface area contributed by atoms with Crippen LogP contribution in [0.4, 0.5) is 11.4 Å². The molecular weight excluding hydrogens is 300 g/mol. The summed E-state index contributed by atoms with van der Waals surface area (Å²) in [5.74, 6) is -0.837. The van der Waals surface area contributed by atoms with E-state index in [1.54, 1.807) is 0 Å². The van der Waals surface area contributed by atoms with Gasteiger partial charge in [-0.1, -0.05) is 6.07 Å². The average Bonchev–Trinajstić information content (AvgIpc) is 2.86. The summed E-state index contributed by atoms with van der Waals surface area (Å²) < 4.78 is 4.63. The second-order valence-electron chi connectivity index (χ2n) is 4.65. The van der Waals surface area contributed by atoms with Crippen LogP contribution in [-0.4, -0.2) is 36.3 Å². The zero-order chi connectivity index (χ0) is 15.6. The zero-order valence-corrected chi connectivity index (χ0v) is 12.0. The summed E-state index contributed by atoms with van der Waals surface area (Å²) in [4.78, 5) is 35.7. The van der Waals surface area contributed by atoms with Crippen molar-refractivity contribution in [1.29, 1.82) is 0 Å². The summed E-state index contributed by atoms with van der Waals surface area (Å²) in [6, 6.07) is 4.03. The highest BCUT2D eigenvalue weighted by atomic mass is 35.5. The summed E-state index contributed by atoms with van der Waals surface area (Å²) in [6.45, 7) is 0.247. The number of halogens is 1. The smallest absolute Gasteiger partial charge is 0.340 e. The van der Waals surface area contributed by atoms with Crippen LogP contribution in [-0.2, 0) is 9.53 Å². The van der Waals surface area contributed by atoms with Crippen molar-refractivity contribution in [1.82, 2.24) is 0 Å². The molecule has 1 atom stereocenters. The topological polar surface area (TPSA) is 89.8 Å². The molecule has 112 valence electrons. The van der Waals surface area contributed by atoms with Gasteiger partial charge in [-0.15, -0.1) is 11.6 Å². The first-order valence-corrected chi connectivity index (χ1v) is 6.75. The van der Waals surface area contributed by atoms with Gasteiger partial charge < -0.3 is 9.64 Å². The first-order valence-electron chi connectivity index (χ1n) is 6.21. The van der Waals surface area contributed by atoms with Crippen LogP contribution >= 0.6 is 11.6 Å². The van der Waals surface area contributed by atoms with E-state index in [0.717, 1.165) is 0 Å².